The molecule has 0 aromatic heterocycles. The van der Waals surface area contributed by atoms with Gasteiger partial charge < -0.3 is 4.90 Å². The Morgan fingerprint density at radius 3 is 2.42 bits per heavy atom. The average molecular weight is 263 g/mol. The Labute approximate surface area is 112 Å². The number of ketones is 1. The lowest BCUT2D eigenvalue weighted by Crippen LogP contribution is -2.40. The Bertz CT molecular complexity index is 460. The molecular weight excluding hydrogens is 245 g/mol. The maximum absolute atomic E-state index is 12.8. The minimum atomic E-state index is -0.296. The molecule has 0 heterocycles. The molecular formula is C15H18FNO2. The summed E-state index contributed by atoms with van der Waals surface area (Å²) in [6, 6.07) is 6.14. The molecule has 3 nitrogen and oxygen atoms in total. The Morgan fingerprint density at radius 2 is 1.84 bits per heavy atom. The molecule has 0 aliphatic heterocycles. The number of hydrogen-bond donors (Lipinski definition) is 0. The minimum absolute atomic E-state index is 0.0194. The van der Waals surface area contributed by atoms with Crippen molar-refractivity contribution in [2.24, 2.45) is 0 Å². The van der Waals surface area contributed by atoms with Crippen LogP contribution in [0.25, 0.3) is 0 Å². The van der Waals surface area contributed by atoms with Gasteiger partial charge in [-0.3, -0.25) is 9.59 Å². The van der Waals surface area contributed by atoms with E-state index in [9.17, 15) is 14.0 Å². The van der Waals surface area contributed by atoms with Crippen molar-refractivity contribution in [2.75, 3.05) is 7.05 Å². The molecule has 4 heteroatoms. The van der Waals surface area contributed by atoms with E-state index in [2.05, 4.69) is 0 Å². The first-order valence-corrected chi connectivity index (χ1v) is 6.58. The molecule has 1 aliphatic rings. The van der Waals surface area contributed by atoms with Crippen molar-refractivity contribution >= 4 is 11.7 Å². The summed E-state index contributed by atoms with van der Waals surface area (Å²) in [6.45, 7) is 0. The molecule has 2 rings (SSSR count). The van der Waals surface area contributed by atoms with Gasteiger partial charge in [0.2, 0.25) is 5.91 Å². The SMILES string of the molecule is CN(C(=O)Cc1ccc(F)cc1)C1CCC(=O)CC1. The Hall–Kier alpha value is -1.71. The van der Waals surface area contributed by atoms with Crippen molar-refractivity contribution in [3.8, 4) is 0 Å². The van der Waals surface area contributed by atoms with Gasteiger partial charge in [-0.15, -0.1) is 0 Å². The molecule has 1 amide bonds. The lowest BCUT2D eigenvalue weighted by Gasteiger charge is -2.30. The molecule has 19 heavy (non-hydrogen) atoms. The predicted octanol–water partition coefficient (Wildman–Crippen LogP) is 2.34. The fourth-order valence-electron chi connectivity index (χ4n) is 2.42. The van der Waals surface area contributed by atoms with E-state index in [1.807, 2.05) is 0 Å². The van der Waals surface area contributed by atoms with Crippen LogP contribution >= 0.6 is 0 Å². The molecule has 1 saturated carbocycles. The first kappa shape index (κ1) is 13.7. The normalized spacial score (nSPS) is 16.4. The maximum atomic E-state index is 12.8. The predicted molar refractivity (Wildman–Crippen MR) is 70.1 cm³/mol. The zero-order valence-corrected chi connectivity index (χ0v) is 11.1. The molecule has 1 aromatic rings. The Morgan fingerprint density at radius 1 is 1.26 bits per heavy atom. The second-order valence-electron chi connectivity index (χ2n) is 5.08. The van der Waals surface area contributed by atoms with Crippen LogP contribution in [0.4, 0.5) is 4.39 Å². The van der Waals surface area contributed by atoms with Crippen LogP contribution in [-0.4, -0.2) is 29.7 Å². The van der Waals surface area contributed by atoms with E-state index in [0.717, 1.165) is 18.4 Å². The highest BCUT2D eigenvalue weighted by atomic mass is 19.1. The van der Waals surface area contributed by atoms with E-state index in [1.165, 1.54) is 12.1 Å². The molecule has 0 saturated heterocycles. The van der Waals surface area contributed by atoms with Gasteiger partial charge in [0.1, 0.15) is 11.6 Å². The number of likely N-dealkylation sites (N-methyl/N-ethyl adjacent to an activating group) is 1. The first-order valence-electron chi connectivity index (χ1n) is 6.58. The van der Waals surface area contributed by atoms with Gasteiger partial charge in [0.15, 0.2) is 0 Å². The Balaban J connectivity index is 1.92. The molecule has 1 aliphatic carbocycles. The van der Waals surface area contributed by atoms with Gasteiger partial charge in [0.25, 0.3) is 0 Å². The van der Waals surface area contributed by atoms with Crippen molar-refractivity contribution < 1.29 is 14.0 Å². The van der Waals surface area contributed by atoms with Gasteiger partial charge in [-0.05, 0) is 30.5 Å². The molecule has 1 fully saturated rings. The minimum Gasteiger partial charge on any atom is -0.342 e. The second-order valence-corrected chi connectivity index (χ2v) is 5.08. The van der Waals surface area contributed by atoms with Gasteiger partial charge in [-0.2, -0.15) is 0 Å². The lowest BCUT2D eigenvalue weighted by atomic mass is 9.93. The number of Topliss-reactive ketones (excluding diaryl/α,β-unsaturated/α-hetero) is 1. The van der Waals surface area contributed by atoms with Crippen molar-refractivity contribution in [3.05, 3.63) is 35.6 Å². The molecule has 0 spiro atoms. The van der Waals surface area contributed by atoms with E-state index in [1.54, 1.807) is 24.1 Å². The third kappa shape index (κ3) is 3.63. The van der Waals surface area contributed by atoms with Crippen LogP contribution in [0.15, 0.2) is 24.3 Å². The van der Waals surface area contributed by atoms with Crippen LogP contribution in [0, 0.1) is 5.82 Å². The summed E-state index contributed by atoms with van der Waals surface area (Å²) in [6.07, 6.45) is 2.92. The number of carbonyl (C=O) groups excluding carboxylic acids is 2. The Kier molecular flexibility index (Phi) is 4.30. The summed E-state index contributed by atoms with van der Waals surface area (Å²) in [5.41, 5.74) is 0.810. The zero-order chi connectivity index (χ0) is 13.8. The highest BCUT2D eigenvalue weighted by Crippen LogP contribution is 2.20. The molecule has 0 N–H and O–H groups in total. The third-order valence-corrected chi connectivity index (χ3v) is 3.72. The number of amides is 1. The third-order valence-electron chi connectivity index (χ3n) is 3.72. The number of carbonyl (C=O) groups is 2. The van der Waals surface area contributed by atoms with Gasteiger partial charge in [0.05, 0.1) is 6.42 Å². The van der Waals surface area contributed by atoms with Crippen LogP contribution in [0.2, 0.25) is 0 Å². The van der Waals surface area contributed by atoms with E-state index in [4.69, 9.17) is 0 Å². The van der Waals surface area contributed by atoms with Gasteiger partial charge in [-0.25, -0.2) is 4.39 Å². The average Bonchev–Trinajstić information content (AvgIpc) is 2.41. The van der Waals surface area contributed by atoms with Crippen LogP contribution < -0.4 is 0 Å². The van der Waals surface area contributed by atoms with Gasteiger partial charge in [0, 0.05) is 25.9 Å². The topological polar surface area (TPSA) is 37.4 Å². The van der Waals surface area contributed by atoms with Crippen LogP contribution in [-0.2, 0) is 16.0 Å². The highest BCUT2D eigenvalue weighted by Gasteiger charge is 2.25. The standard InChI is InChI=1S/C15H18FNO2/c1-17(13-6-8-14(18)9-7-13)15(19)10-11-2-4-12(16)5-3-11/h2-5,13H,6-10H2,1H3. The molecule has 0 radical (unpaired) electrons. The summed E-state index contributed by atoms with van der Waals surface area (Å²) in [5.74, 6) is 0.0111. The smallest absolute Gasteiger partial charge is 0.226 e. The zero-order valence-electron chi connectivity index (χ0n) is 11.1. The van der Waals surface area contributed by atoms with E-state index in [-0.39, 0.29) is 30.0 Å². The van der Waals surface area contributed by atoms with E-state index < -0.39 is 0 Å². The van der Waals surface area contributed by atoms with Crippen LogP contribution in [0.1, 0.15) is 31.2 Å². The summed E-state index contributed by atoms with van der Waals surface area (Å²) in [4.78, 5) is 25.0. The van der Waals surface area contributed by atoms with E-state index >= 15 is 0 Å². The lowest BCUT2D eigenvalue weighted by molar-refractivity contribution is -0.133. The number of hydrogen-bond acceptors (Lipinski definition) is 2. The second kappa shape index (κ2) is 5.95. The molecule has 102 valence electrons. The molecule has 0 atom stereocenters. The van der Waals surface area contributed by atoms with Crippen LogP contribution in [0.5, 0.6) is 0 Å². The van der Waals surface area contributed by atoms with Crippen molar-refractivity contribution in [1.29, 1.82) is 0 Å². The van der Waals surface area contributed by atoms with Crippen LogP contribution in [0.3, 0.4) is 0 Å². The fourth-order valence-corrected chi connectivity index (χ4v) is 2.42. The maximum Gasteiger partial charge on any atom is 0.226 e. The first-order chi connectivity index (χ1) is 9.06. The molecule has 0 unspecified atom stereocenters. The van der Waals surface area contributed by atoms with Crippen molar-refractivity contribution in [3.63, 3.8) is 0 Å². The van der Waals surface area contributed by atoms with Crippen molar-refractivity contribution in [1.82, 2.24) is 4.90 Å². The summed E-state index contributed by atoms with van der Waals surface area (Å²) in [5, 5.41) is 0. The highest BCUT2D eigenvalue weighted by molar-refractivity contribution is 5.81. The molecule has 0 bridgehead atoms. The van der Waals surface area contributed by atoms with E-state index in [0.29, 0.717) is 12.8 Å². The fraction of sp³-hybridized carbons (Fsp3) is 0.467. The summed E-state index contributed by atoms with van der Waals surface area (Å²) < 4.78 is 12.8. The van der Waals surface area contributed by atoms with Gasteiger partial charge >= 0.3 is 0 Å². The number of halogens is 1. The summed E-state index contributed by atoms with van der Waals surface area (Å²) in [7, 11) is 1.78. The van der Waals surface area contributed by atoms with Crippen molar-refractivity contribution in [2.45, 2.75) is 38.1 Å². The number of benzene rings is 1. The monoisotopic (exact) mass is 263 g/mol. The number of nitrogens with zero attached hydrogens (tertiary/aromatic N) is 1. The summed E-state index contributed by atoms with van der Waals surface area (Å²) >= 11 is 0. The number of rotatable bonds is 3. The largest absolute Gasteiger partial charge is 0.342 e. The quantitative estimate of drug-likeness (QED) is 0.839. The molecule has 1 aromatic carbocycles. The van der Waals surface area contributed by atoms with Gasteiger partial charge in [-0.1, -0.05) is 12.1 Å².